The van der Waals surface area contributed by atoms with Gasteiger partial charge in [0.1, 0.15) is 11.6 Å². The largest absolute Gasteiger partial charge is 0.484 e. The van der Waals surface area contributed by atoms with Crippen LogP contribution in [0.4, 0.5) is 4.39 Å². The number of hydrogen-bond acceptors (Lipinski definition) is 3. The van der Waals surface area contributed by atoms with Crippen LogP contribution in [0.15, 0.2) is 78.9 Å². The quantitative estimate of drug-likeness (QED) is 0.550. The fraction of sp³-hybridized carbons (Fsp3) is 0.296. The number of carbonyl (C=O) groups is 1. The van der Waals surface area contributed by atoms with Crippen molar-refractivity contribution in [3.8, 4) is 16.9 Å². The Bertz CT molecular complexity index is 1040. The molecule has 1 amide bonds. The standard InChI is InChI=1S/C27H29FN2O2/c1-20-17-30(21(2)16-29(20)18-22-11-13-25(28)14-12-22)27(31)19-32-26-10-6-9-24(15-26)23-7-4-3-5-8-23/h3-15,20-21H,16-19H2,1-2H3/t20-,21+/m0/s1. The maximum Gasteiger partial charge on any atom is 0.260 e. The van der Waals surface area contributed by atoms with Gasteiger partial charge in [-0.05, 0) is 54.8 Å². The van der Waals surface area contributed by atoms with Gasteiger partial charge in [0.05, 0.1) is 0 Å². The Labute approximate surface area is 189 Å². The van der Waals surface area contributed by atoms with Gasteiger partial charge in [-0.15, -0.1) is 0 Å². The van der Waals surface area contributed by atoms with Gasteiger partial charge >= 0.3 is 0 Å². The third kappa shape index (κ3) is 5.35. The molecule has 4 rings (SSSR count). The molecule has 2 atom stereocenters. The number of rotatable bonds is 6. The minimum atomic E-state index is -0.222. The van der Waals surface area contributed by atoms with Crippen LogP contribution in [0.2, 0.25) is 0 Å². The first-order valence-electron chi connectivity index (χ1n) is 11.1. The molecule has 0 aliphatic carbocycles. The highest BCUT2D eigenvalue weighted by molar-refractivity contribution is 5.78. The van der Waals surface area contributed by atoms with Crippen LogP contribution in [-0.2, 0) is 11.3 Å². The smallest absolute Gasteiger partial charge is 0.260 e. The van der Waals surface area contributed by atoms with Crippen LogP contribution >= 0.6 is 0 Å². The maximum atomic E-state index is 13.2. The summed E-state index contributed by atoms with van der Waals surface area (Å²) in [6.07, 6.45) is 0. The summed E-state index contributed by atoms with van der Waals surface area (Å²) in [5.41, 5.74) is 3.25. The second kappa shape index (κ2) is 9.96. The summed E-state index contributed by atoms with van der Waals surface area (Å²) >= 11 is 0. The van der Waals surface area contributed by atoms with Crippen LogP contribution in [0, 0.1) is 5.82 Å². The van der Waals surface area contributed by atoms with Crippen LogP contribution in [0.3, 0.4) is 0 Å². The first kappa shape index (κ1) is 22.0. The highest BCUT2D eigenvalue weighted by atomic mass is 19.1. The topological polar surface area (TPSA) is 32.8 Å². The van der Waals surface area contributed by atoms with Crippen molar-refractivity contribution in [3.05, 3.63) is 90.2 Å². The number of nitrogens with zero attached hydrogens (tertiary/aromatic N) is 2. The average molecular weight is 433 g/mol. The first-order chi connectivity index (χ1) is 15.5. The lowest BCUT2D eigenvalue weighted by atomic mass is 10.1. The summed E-state index contributed by atoms with van der Waals surface area (Å²) in [6, 6.07) is 24.9. The van der Waals surface area contributed by atoms with Crippen molar-refractivity contribution in [2.75, 3.05) is 19.7 Å². The molecule has 0 N–H and O–H groups in total. The van der Waals surface area contributed by atoms with E-state index in [4.69, 9.17) is 4.74 Å². The summed E-state index contributed by atoms with van der Waals surface area (Å²) in [6.45, 7) is 6.38. The van der Waals surface area contributed by atoms with Gasteiger partial charge in [0.15, 0.2) is 6.61 Å². The van der Waals surface area contributed by atoms with E-state index in [0.717, 1.165) is 29.8 Å². The number of ether oxygens (including phenoxy) is 1. The third-order valence-electron chi connectivity index (χ3n) is 6.04. The Balaban J connectivity index is 1.34. The van der Waals surface area contributed by atoms with Gasteiger partial charge < -0.3 is 9.64 Å². The summed E-state index contributed by atoms with van der Waals surface area (Å²) in [5.74, 6) is 0.464. The molecule has 3 aromatic carbocycles. The zero-order valence-corrected chi connectivity index (χ0v) is 18.6. The van der Waals surface area contributed by atoms with E-state index >= 15 is 0 Å². The second-order valence-corrected chi connectivity index (χ2v) is 8.48. The van der Waals surface area contributed by atoms with Crippen molar-refractivity contribution >= 4 is 5.91 Å². The number of hydrogen-bond donors (Lipinski definition) is 0. The van der Waals surface area contributed by atoms with E-state index in [1.165, 1.54) is 12.1 Å². The molecule has 0 saturated carbocycles. The molecule has 0 aromatic heterocycles. The number of piperazine rings is 1. The molecule has 0 spiro atoms. The Morgan fingerprint density at radius 1 is 0.906 bits per heavy atom. The van der Waals surface area contributed by atoms with Crippen LogP contribution in [0.5, 0.6) is 5.75 Å². The molecule has 1 fully saturated rings. The minimum absolute atomic E-state index is 0.00380. The predicted molar refractivity (Wildman–Crippen MR) is 125 cm³/mol. The second-order valence-electron chi connectivity index (χ2n) is 8.48. The summed E-state index contributed by atoms with van der Waals surface area (Å²) in [7, 11) is 0. The lowest BCUT2D eigenvalue weighted by molar-refractivity contribution is -0.139. The summed E-state index contributed by atoms with van der Waals surface area (Å²) < 4.78 is 19.0. The monoisotopic (exact) mass is 432 g/mol. The van der Waals surface area contributed by atoms with Crippen LogP contribution in [-0.4, -0.2) is 47.5 Å². The SMILES string of the molecule is C[C@@H]1CN(Cc2ccc(F)cc2)[C@@H](C)CN1C(=O)COc1cccc(-c2ccccc2)c1. The van der Waals surface area contributed by atoms with Crippen molar-refractivity contribution in [1.29, 1.82) is 0 Å². The molecule has 5 heteroatoms. The van der Waals surface area contributed by atoms with E-state index in [1.54, 1.807) is 0 Å². The van der Waals surface area contributed by atoms with Crippen molar-refractivity contribution in [3.63, 3.8) is 0 Å². The number of halogens is 1. The molecule has 0 unspecified atom stereocenters. The third-order valence-corrected chi connectivity index (χ3v) is 6.04. The molecule has 1 heterocycles. The van der Waals surface area contributed by atoms with Crippen molar-refractivity contribution in [1.82, 2.24) is 9.80 Å². The zero-order chi connectivity index (χ0) is 22.5. The number of carbonyl (C=O) groups excluding carboxylic acids is 1. The first-order valence-corrected chi connectivity index (χ1v) is 11.1. The van der Waals surface area contributed by atoms with E-state index in [1.807, 2.05) is 59.5 Å². The molecular weight excluding hydrogens is 403 g/mol. The normalized spacial score (nSPS) is 19.0. The van der Waals surface area contributed by atoms with Gasteiger partial charge in [0, 0.05) is 31.7 Å². The molecule has 1 aliphatic heterocycles. The van der Waals surface area contributed by atoms with E-state index in [-0.39, 0.29) is 30.4 Å². The van der Waals surface area contributed by atoms with Gasteiger partial charge in [-0.2, -0.15) is 0 Å². The van der Waals surface area contributed by atoms with E-state index in [9.17, 15) is 9.18 Å². The molecular formula is C27H29FN2O2. The highest BCUT2D eigenvalue weighted by Gasteiger charge is 2.32. The molecule has 1 aliphatic rings. The number of amides is 1. The van der Waals surface area contributed by atoms with Gasteiger partial charge in [-0.25, -0.2) is 4.39 Å². The van der Waals surface area contributed by atoms with Crippen molar-refractivity contribution in [2.24, 2.45) is 0 Å². The molecule has 0 bridgehead atoms. The fourth-order valence-electron chi connectivity index (χ4n) is 4.21. The fourth-order valence-corrected chi connectivity index (χ4v) is 4.21. The van der Waals surface area contributed by atoms with Gasteiger partial charge in [-0.1, -0.05) is 54.6 Å². The van der Waals surface area contributed by atoms with E-state index in [0.29, 0.717) is 12.3 Å². The number of benzene rings is 3. The summed E-state index contributed by atoms with van der Waals surface area (Å²) in [4.78, 5) is 17.2. The molecule has 0 radical (unpaired) electrons. The lowest BCUT2D eigenvalue weighted by Gasteiger charge is -2.44. The van der Waals surface area contributed by atoms with E-state index < -0.39 is 0 Å². The average Bonchev–Trinajstić information content (AvgIpc) is 2.82. The van der Waals surface area contributed by atoms with Crippen molar-refractivity contribution < 1.29 is 13.9 Å². The highest BCUT2D eigenvalue weighted by Crippen LogP contribution is 2.24. The zero-order valence-electron chi connectivity index (χ0n) is 18.6. The van der Waals surface area contributed by atoms with E-state index in [2.05, 4.69) is 30.9 Å². The van der Waals surface area contributed by atoms with Crippen LogP contribution < -0.4 is 4.74 Å². The predicted octanol–water partition coefficient (Wildman–Crippen LogP) is 4.99. The Hall–Kier alpha value is -3.18. The maximum absolute atomic E-state index is 13.2. The molecule has 4 nitrogen and oxygen atoms in total. The van der Waals surface area contributed by atoms with Gasteiger partial charge in [-0.3, -0.25) is 9.69 Å². The minimum Gasteiger partial charge on any atom is -0.484 e. The lowest BCUT2D eigenvalue weighted by Crippen LogP contribution is -2.58. The Morgan fingerprint density at radius 2 is 1.62 bits per heavy atom. The summed E-state index contributed by atoms with van der Waals surface area (Å²) in [5, 5.41) is 0. The molecule has 3 aromatic rings. The molecule has 1 saturated heterocycles. The van der Waals surface area contributed by atoms with Gasteiger partial charge in [0.25, 0.3) is 5.91 Å². The van der Waals surface area contributed by atoms with Crippen molar-refractivity contribution in [2.45, 2.75) is 32.5 Å². The molecule has 32 heavy (non-hydrogen) atoms. The van der Waals surface area contributed by atoms with Crippen LogP contribution in [0.25, 0.3) is 11.1 Å². The van der Waals surface area contributed by atoms with Gasteiger partial charge in [0.2, 0.25) is 0 Å². The molecule has 166 valence electrons. The van der Waals surface area contributed by atoms with Crippen LogP contribution in [0.1, 0.15) is 19.4 Å². The Morgan fingerprint density at radius 3 is 2.38 bits per heavy atom. The Kier molecular flexibility index (Phi) is 6.86.